The molecule has 1 fully saturated rings. The number of urea groups is 1. The summed E-state index contributed by atoms with van der Waals surface area (Å²) in [6.45, 7) is -0.134. The Morgan fingerprint density at radius 1 is 1.57 bits per heavy atom. The van der Waals surface area contributed by atoms with Gasteiger partial charge in [0.05, 0.1) is 13.7 Å². The fraction of sp³-hybridized carbons (Fsp3) is 0.750. The first-order valence-corrected chi connectivity index (χ1v) is 4.43. The fourth-order valence-electron chi connectivity index (χ4n) is 0.873. The van der Waals surface area contributed by atoms with E-state index in [0.29, 0.717) is 0 Å². The minimum atomic E-state index is -1.30. The second kappa shape index (κ2) is 4.80. The van der Waals surface area contributed by atoms with E-state index in [-0.39, 0.29) is 18.6 Å². The lowest BCUT2D eigenvalue weighted by Crippen LogP contribution is -2.43. The summed E-state index contributed by atoms with van der Waals surface area (Å²) < 4.78 is 4.28. The third-order valence-corrected chi connectivity index (χ3v) is 1.84. The van der Waals surface area contributed by atoms with Gasteiger partial charge in [0.1, 0.15) is 0 Å². The molecule has 0 radical (unpaired) electrons. The van der Waals surface area contributed by atoms with E-state index in [0.717, 1.165) is 12.8 Å². The zero-order valence-corrected chi connectivity index (χ0v) is 7.95. The Kier molecular flexibility index (Phi) is 3.70. The van der Waals surface area contributed by atoms with Crippen molar-refractivity contribution in [2.24, 2.45) is 0 Å². The van der Waals surface area contributed by atoms with Gasteiger partial charge in [-0.15, -0.1) is 0 Å². The zero-order chi connectivity index (χ0) is 10.6. The van der Waals surface area contributed by atoms with Crippen LogP contribution in [0, 0.1) is 0 Å². The molecule has 6 nitrogen and oxygen atoms in total. The van der Waals surface area contributed by atoms with Gasteiger partial charge < -0.3 is 20.5 Å². The molecule has 0 spiro atoms. The van der Waals surface area contributed by atoms with Crippen LogP contribution in [0.2, 0.25) is 0 Å². The number of rotatable bonds is 4. The summed E-state index contributed by atoms with van der Waals surface area (Å²) in [7, 11) is 1.18. The summed E-state index contributed by atoms with van der Waals surface area (Å²) in [4.78, 5) is 21.7. The molecule has 0 aromatic carbocycles. The third-order valence-electron chi connectivity index (χ3n) is 1.84. The quantitative estimate of drug-likeness (QED) is 0.509. The molecular formula is C8H14N2O4. The second-order valence-corrected chi connectivity index (χ2v) is 3.17. The molecule has 1 atom stereocenters. The summed E-state index contributed by atoms with van der Waals surface area (Å²) in [6, 6.07) is -0.110. The lowest BCUT2D eigenvalue weighted by atomic mass is 10.3. The molecule has 0 aliphatic heterocycles. The number of ether oxygens (including phenoxy) is 1. The molecule has 1 aliphatic carbocycles. The van der Waals surface area contributed by atoms with Crippen molar-refractivity contribution in [2.75, 3.05) is 13.7 Å². The zero-order valence-electron chi connectivity index (χ0n) is 7.95. The Morgan fingerprint density at radius 2 is 2.21 bits per heavy atom. The number of amides is 2. The molecule has 2 amide bonds. The summed E-state index contributed by atoms with van der Waals surface area (Å²) in [5.74, 6) is -0.753. The Hall–Kier alpha value is -1.30. The molecule has 1 saturated carbocycles. The third kappa shape index (κ3) is 3.61. The predicted molar refractivity (Wildman–Crippen MR) is 47.6 cm³/mol. The lowest BCUT2D eigenvalue weighted by molar-refractivity contribution is -0.149. The van der Waals surface area contributed by atoms with Crippen LogP contribution in [0.1, 0.15) is 12.8 Å². The van der Waals surface area contributed by atoms with Crippen molar-refractivity contribution in [3.05, 3.63) is 0 Å². The standard InChI is InChI=1S/C8H14N2O4/c1-14-7(12)6(11)4-9-8(13)10-5-2-3-5/h5-6,11H,2-4H2,1H3,(H2,9,10,13). The van der Waals surface area contributed by atoms with E-state index in [4.69, 9.17) is 5.11 Å². The highest BCUT2D eigenvalue weighted by Crippen LogP contribution is 2.18. The van der Waals surface area contributed by atoms with Crippen LogP contribution in [0.25, 0.3) is 0 Å². The van der Waals surface area contributed by atoms with Gasteiger partial charge in [-0.3, -0.25) is 0 Å². The molecule has 3 N–H and O–H groups in total. The van der Waals surface area contributed by atoms with E-state index in [1.165, 1.54) is 7.11 Å². The molecule has 6 heteroatoms. The molecule has 0 bridgehead atoms. The minimum Gasteiger partial charge on any atom is -0.467 e. The number of aliphatic hydroxyl groups excluding tert-OH is 1. The van der Waals surface area contributed by atoms with Crippen molar-refractivity contribution in [3.63, 3.8) is 0 Å². The van der Waals surface area contributed by atoms with Crippen LogP contribution in [0.4, 0.5) is 4.79 Å². The Labute approximate surface area is 81.6 Å². The summed E-state index contributed by atoms with van der Waals surface area (Å²) >= 11 is 0. The van der Waals surface area contributed by atoms with Crippen LogP contribution < -0.4 is 10.6 Å². The highest BCUT2D eigenvalue weighted by Gasteiger charge is 2.23. The Balaban J connectivity index is 2.11. The van der Waals surface area contributed by atoms with Crippen molar-refractivity contribution in [3.8, 4) is 0 Å². The van der Waals surface area contributed by atoms with Crippen LogP contribution in [0.3, 0.4) is 0 Å². The summed E-state index contributed by atoms with van der Waals surface area (Å²) in [5.41, 5.74) is 0. The van der Waals surface area contributed by atoms with Crippen LogP contribution in [-0.2, 0) is 9.53 Å². The molecule has 0 aromatic heterocycles. The number of carbonyl (C=O) groups excluding carboxylic acids is 2. The minimum absolute atomic E-state index is 0.134. The van der Waals surface area contributed by atoms with E-state index in [2.05, 4.69) is 15.4 Å². The van der Waals surface area contributed by atoms with Gasteiger partial charge >= 0.3 is 12.0 Å². The fourth-order valence-corrected chi connectivity index (χ4v) is 0.873. The van der Waals surface area contributed by atoms with E-state index < -0.39 is 12.1 Å². The molecule has 0 saturated heterocycles. The number of esters is 1. The van der Waals surface area contributed by atoms with Crippen LogP contribution in [-0.4, -0.2) is 42.9 Å². The second-order valence-electron chi connectivity index (χ2n) is 3.17. The maximum atomic E-state index is 11.0. The Morgan fingerprint density at radius 3 is 2.71 bits per heavy atom. The maximum Gasteiger partial charge on any atom is 0.336 e. The van der Waals surface area contributed by atoms with E-state index in [9.17, 15) is 9.59 Å². The first-order valence-electron chi connectivity index (χ1n) is 4.43. The highest BCUT2D eigenvalue weighted by molar-refractivity contribution is 5.77. The molecule has 0 aromatic rings. The average Bonchev–Trinajstić information content (AvgIpc) is 2.96. The average molecular weight is 202 g/mol. The van der Waals surface area contributed by atoms with Crippen LogP contribution in [0.15, 0.2) is 0 Å². The normalized spacial score (nSPS) is 17.0. The summed E-state index contributed by atoms with van der Waals surface area (Å²) in [6.07, 6.45) is 0.685. The molecule has 80 valence electrons. The van der Waals surface area contributed by atoms with Gasteiger partial charge in [0.25, 0.3) is 0 Å². The smallest absolute Gasteiger partial charge is 0.336 e. The summed E-state index contributed by atoms with van der Waals surface area (Å²) in [5, 5.41) is 14.1. The number of aliphatic hydroxyl groups is 1. The van der Waals surface area contributed by atoms with Gasteiger partial charge in [-0.05, 0) is 12.8 Å². The number of hydrogen-bond acceptors (Lipinski definition) is 4. The number of carbonyl (C=O) groups is 2. The van der Waals surface area contributed by atoms with Gasteiger partial charge in [-0.2, -0.15) is 0 Å². The number of hydrogen-bond donors (Lipinski definition) is 3. The van der Waals surface area contributed by atoms with Crippen LogP contribution >= 0.6 is 0 Å². The lowest BCUT2D eigenvalue weighted by Gasteiger charge is -2.10. The molecule has 1 aliphatic rings. The van der Waals surface area contributed by atoms with Gasteiger partial charge in [0.15, 0.2) is 6.10 Å². The number of methoxy groups -OCH3 is 1. The molecular weight excluding hydrogens is 188 g/mol. The molecule has 14 heavy (non-hydrogen) atoms. The van der Waals surface area contributed by atoms with E-state index in [1.54, 1.807) is 0 Å². The van der Waals surface area contributed by atoms with Gasteiger partial charge in [0, 0.05) is 6.04 Å². The Bertz CT molecular complexity index is 227. The molecule has 1 rings (SSSR count). The first-order chi connectivity index (χ1) is 6.63. The largest absolute Gasteiger partial charge is 0.467 e. The van der Waals surface area contributed by atoms with Crippen molar-refractivity contribution >= 4 is 12.0 Å². The molecule has 0 heterocycles. The van der Waals surface area contributed by atoms with Gasteiger partial charge in [-0.25, -0.2) is 9.59 Å². The SMILES string of the molecule is COC(=O)C(O)CNC(=O)NC1CC1. The van der Waals surface area contributed by atoms with E-state index >= 15 is 0 Å². The molecule has 1 unspecified atom stereocenters. The predicted octanol–water partition coefficient (Wildman–Crippen LogP) is -1.02. The monoisotopic (exact) mass is 202 g/mol. The first kappa shape index (κ1) is 10.8. The van der Waals surface area contributed by atoms with Crippen molar-refractivity contribution in [2.45, 2.75) is 25.0 Å². The maximum absolute atomic E-state index is 11.0. The van der Waals surface area contributed by atoms with E-state index in [1.807, 2.05) is 0 Å². The van der Waals surface area contributed by atoms with Gasteiger partial charge in [-0.1, -0.05) is 0 Å². The van der Waals surface area contributed by atoms with Crippen molar-refractivity contribution in [1.29, 1.82) is 0 Å². The van der Waals surface area contributed by atoms with Crippen LogP contribution in [0.5, 0.6) is 0 Å². The highest BCUT2D eigenvalue weighted by atomic mass is 16.5. The van der Waals surface area contributed by atoms with Gasteiger partial charge in [0.2, 0.25) is 0 Å². The topological polar surface area (TPSA) is 87.7 Å². The number of nitrogens with one attached hydrogen (secondary N) is 2. The van der Waals surface area contributed by atoms with Crippen molar-refractivity contribution < 1.29 is 19.4 Å². The van der Waals surface area contributed by atoms with Crippen molar-refractivity contribution in [1.82, 2.24) is 10.6 Å².